The first-order valence-corrected chi connectivity index (χ1v) is 13.6. The highest BCUT2D eigenvalue weighted by atomic mass is 35.5. The normalized spacial score (nSPS) is 19.6. The van der Waals surface area contributed by atoms with Gasteiger partial charge in [0.25, 0.3) is 0 Å². The average Bonchev–Trinajstić information content (AvgIpc) is 3.48. The van der Waals surface area contributed by atoms with Crippen LogP contribution >= 0.6 is 11.6 Å². The summed E-state index contributed by atoms with van der Waals surface area (Å²) in [5, 5.41) is 4.76. The molecule has 3 aromatic rings. The Morgan fingerprint density at radius 1 is 1.22 bits per heavy atom. The maximum absolute atomic E-state index is 13.4. The molecule has 11 nitrogen and oxygen atoms in total. The second-order valence-electron chi connectivity index (χ2n) is 10.4. The van der Waals surface area contributed by atoms with Crippen molar-refractivity contribution >= 4 is 34.4 Å². The van der Waals surface area contributed by atoms with Gasteiger partial charge in [0.15, 0.2) is 0 Å². The van der Waals surface area contributed by atoms with Crippen LogP contribution in [-0.4, -0.2) is 88.0 Å². The van der Waals surface area contributed by atoms with E-state index in [-0.39, 0.29) is 59.8 Å². The lowest BCUT2D eigenvalue weighted by molar-refractivity contribution is -0.190. The van der Waals surface area contributed by atoms with Gasteiger partial charge in [-0.2, -0.15) is 18.2 Å². The molecule has 1 amide bonds. The first-order chi connectivity index (χ1) is 19.5. The van der Waals surface area contributed by atoms with Gasteiger partial charge in [-0.1, -0.05) is 28.9 Å². The Hall–Kier alpha value is -3.20. The molecule has 2 aromatic heterocycles. The van der Waals surface area contributed by atoms with E-state index in [0.29, 0.717) is 56.6 Å². The highest BCUT2D eigenvalue weighted by molar-refractivity contribution is 6.35. The van der Waals surface area contributed by atoms with E-state index in [9.17, 15) is 22.8 Å². The zero-order valence-corrected chi connectivity index (χ0v) is 23.1. The number of fused-ring (bicyclic) bond motifs is 1. The van der Waals surface area contributed by atoms with Gasteiger partial charge < -0.3 is 24.3 Å². The van der Waals surface area contributed by atoms with Crippen molar-refractivity contribution in [2.45, 2.75) is 45.1 Å². The third-order valence-corrected chi connectivity index (χ3v) is 7.75. The fourth-order valence-corrected chi connectivity index (χ4v) is 5.71. The van der Waals surface area contributed by atoms with Crippen LogP contribution in [0, 0.1) is 5.92 Å². The number of nitrogens with two attached hydrogens (primary N) is 1. The van der Waals surface area contributed by atoms with Gasteiger partial charge in [-0.3, -0.25) is 14.6 Å². The van der Waals surface area contributed by atoms with Gasteiger partial charge in [0.1, 0.15) is 0 Å². The number of amides is 1. The third kappa shape index (κ3) is 6.50. The van der Waals surface area contributed by atoms with Gasteiger partial charge in [0.2, 0.25) is 23.5 Å². The summed E-state index contributed by atoms with van der Waals surface area (Å²) in [6, 6.07) is 4.98. The van der Waals surface area contributed by atoms with E-state index in [0.717, 1.165) is 0 Å². The standard InChI is InChI=1S/C26H30ClF3N6O5/c1-15-11-34(7-8-35(15)13-19(31)37)14-20-32-23(33-41-20)21-17-3-2-4-18(27)22(17)36(12-16-5-9-39-10-6-16)24(21)40-25(38)26(28,29)30/h2-4,15-16H,5-14H2,1H3,(H2,31,37)/t15-/m1/s1. The predicted molar refractivity (Wildman–Crippen MR) is 141 cm³/mol. The minimum Gasteiger partial charge on any atom is -0.402 e. The van der Waals surface area contributed by atoms with Crippen LogP contribution in [0.5, 0.6) is 5.88 Å². The highest BCUT2D eigenvalue weighted by Crippen LogP contribution is 2.43. The maximum Gasteiger partial charge on any atom is 0.491 e. The molecule has 2 N–H and O–H groups in total. The first kappa shape index (κ1) is 29.3. The number of alkyl halides is 3. The highest BCUT2D eigenvalue weighted by Gasteiger charge is 2.43. The Morgan fingerprint density at radius 3 is 2.66 bits per heavy atom. The molecular weight excluding hydrogens is 569 g/mol. The molecule has 2 saturated heterocycles. The number of ether oxygens (including phenoxy) is 2. The van der Waals surface area contributed by atoms with Gasteiger partial charge >= 0.3 is 12.1 Å². The molecule has 41 heavy (non-hydrogen) atoms. The molecular formula is C26H30ClF3N6O5. The number of hydrogen-bond donors (Lipinski definition) is 1. The van der Waals surface area contributed by atoms with Crippen molar-refractivity contribution in [2.75, 3.05) is 39.4 Å². The molecule has 1 aromatic carbocycles. The van der Waals surface area contributed by atoms with Crippen LogP contribution in [-0.2, 0) is 27.4 Å². The van der Waals surface area contributed by atoms with Crippen molar-refractivity contribution in [2.24, 2.45) is 11.7 Å². The predicted octanol–water partition coefficient (Wildman–Crippen LogP) is 3.23. The van der Waals surface area contributed by atoms with Crippen LogP contribution in [0.25, 0.3) is 22.3 Å². The Bertz CT molecular complexity index is 1420. The SMILES string of the molecule is C[C@@H]1CN(Cc2nc(-c3c(OC(=O)C(F)(F)F)n(CC4CCOCC4)c4c(Cl)cccc34)no2)CCN1CC(N)=O. The molecule has 222 valence electrons. The number of primary amides is 1. The van der Waals surface area contributed by atoms with E-state index in [1.165, 1.54) is 4.57 Å². The van der Waals surface area contributed by atoms with Crippen molar-refractivity contribution in [1.82, 2.24) is 24.5 Å². The van der Waals surface area contributed by atoms with Crippen LogP contribution in [0.4, 0.5) is 13.2 Å². The van der Waals surface area contributed by atoms with Crippen molar-refractivity contribution in [3.63, 3.8) is 0 Å². The van der Waals surface area contributed by atoms with Crippen molar-refractivity contribution < 1.29 is 36.8 Å². The summed E-state index contributed by atoms with van der Waals surface area (Å²) in [7, 11) is 0. The quantitative estimate of drug-likeness (QED) is 0.389. The molecule has 2 aliphatic heterocycles. The van der Waals surface area contributed by atoms with Crippen LogP contribution < -0.4 is 10.5 Å². The molecule has 15 heteroatoms. The summed E-state index contributed by atoms with van der Waals surface area (Å²) in [5.41, 5.74) is 5.83. The molecule has 0 spiro atoms. The summed E-state index contributed by atoms with van der Waals surface area (Å²) in [6.07, 6.45) is -3.86. The Kier molecular flexibility index (Phi) is 8.55. The second-order valence-corrected chi connectivity index (χ2v) is 10.8. The van der Waals surface area contributed by atoms with Crippen molar-refractivity contribution in [3.8, 4) is 17.3 Å². The second kappa shape index (κ2) is 12.0. The van der Waals surface area contributed by atoms with Gasteiger partial charge in [0.05, 0.1) is 29.2 Å². The number of rotatable bonds is 8. The minimum absolute atomic E-state index is 0.0246. The minimum atomic E-state index is -5.23. The topological polar surface area (TPSA) is 129 Å². The van der Waals surface area contributed by atoms with Crippen LogP contribution in [0.1, 0.15) is 25.7 Å². The lowest BCUT2D eigenvalue weighted by Crippen LogP contribution is -2.53. The fraction of sp³-hybridized carbons (Fsp3) is 0.538. The number of benzene rings is 1. The molecule has 0 aliphatic carbocycles. The van der Waals surface area contributed by atoms with E-state index < -0.39 is 18.1 Å². The molecule has 0 saturated carbocycles. The van der Waals surface area contributed by atoms with E-state index in [1.807, 2.05) is 11.8 Å². The number of hydrogen-bond acceptors (Lipinski definition) is 9. The molecule has 2 aliphatic rings. The van der Waals surface area contributed by atoms with Crippen LogP contribution in [0.3, 0.4) is 0 Å². The number of para-hydroxylation sites is 1. The molecule has 0 bridgehead atoms. The first-order valence-electron chi connectivity index (χ1n) is 13.3. The summed E-state index contributed by atoms with van der Waals surface area (Å²) in [4.78, 5) is 32.0. The van der Waals surface area contributed by atoms with Crippen LogP contribution in [0.2, 0.25) is 5.02 Å². The Balaban J connectivity index is 1.50. The fourth-order valence-electron chi connectivity index (χ4n) is 5.43. The number of carbonyl (C=O) groups is 2. The summed E-state index contributed by atoms with van der Waals surface area (Å²) < 4.78 is 57.6. The van der Waals surface area contributed by atoms with E-state index >= 15 is 0 Å². The summed E-state index contributed by atoms with van der Waals surface area (Å²) >= 11 is 6.56. The van der Waals surface area contributed by atoms with Gasteiger partial charge in [-0.05, 0) is 31.7 Å². The smallest absolute Gasteiger partial charge is 0.402 e. The lowest BCUT2D eigenvalue weighted by Gasteiger charge is -2.38. The monoisotopic (exact) mass is 598 g/mol. The third-order valence-electron chi connectivity index (χ3n) is 7.45. The zero-order chi connectivity index (χ0) is 29.3. The molecule has 1 atom stereocenters. The van der Waals surface area contributed by atoms with E-state index in [4.69, 9.17) is 31.3 Å². The number of carbonyl (C=O) groups excluding carboxylic acids is 2. The van der Waals surface area contributed by atoms with Gasteiger partial charge in [0, 0.05) is 50.8 Å². The molecule has 5 rings (SSSR count). The number of esters is 1. The summed E-state index contributed by atoms with van der Waals surface area (Å²) in [6.45, 7) is 5.55. The van der Waals surface area contributed by atoms with Crippen molar-refractivity contribution in [1.29, 1.82) is 0 Å². The Labute approximate surface area is 238 Å². The molecule has 0 unspecified atom stereocenters. The van der Waals surface area contributed by atoms with Gasteiger partial charge in [-0.25, -0.2) is 4.79 Å². The van der Waals surface area contributed by atoms with Gasteiger partial charge in [-0.15, -0.1) is 0 Å². The van der Waals surface area contributed by atoms with Crippen LogP contribution in [0.15, 0.2) is 22.7 Å². The largest absolute Gasteiger partial charge is 0.491 e. The summed E-state index contributed by atoms with van der Waals surface area (Å²) in [5.74, 6) is -2.84. The number of halogens is 4. The zero-order valence-electron chi connectivity index (χ0n) is 22.3. The molecule has 4 heterocycles. The lowest BCUT2D eigenvalue weighted by atomic mass is 10.0. The van der Waals surface area contributed by atoms with Crippen molar-refractivity contribution in [3.05, 3.63) is 29.1 Å². The van der Waals surface area contributed by atoms with E-state index in [1.54, 1.807) is 18.2 Å². The number of nitrogens with zero attached hydrogens (tertiary/aromatic N) is 5. The Morgan fingerprint density at radius 2 is 1.98 bits per heavy atom. The molecule has 0 radical (unpaired) electrons. The molecule has 2 fully saturated rings. The maximum atomic E-state index is 13.4. The number of aromatic nitrogens is 3. The number of piperazine rings is 1. The van der Waals surface area contributed by atoms with E-state index in [2.05, 4.69) is 15.0 Å². The average molecular weight is 599 g/mol.